The molecule has 1 aromatic carbocycles. The van der Waals surface area contributed by atoms with Gasteiger partial charge >= 0.3 is 0 Å². The lowest BCUT2D eigenvalue weighted by molar-refractivity contribution is -0.671. The molecule has 0 unspecified atom stereocenters. The van der Waals surface area contributed by atoms with Gasteiger partial charge in [0.15, 0.2) is 12.4 Å². The van der Waals surface area contributed by atoms with Crippen molar-refractivity contribution in [2.75, 3.05) is 0 Å². The normalized spacial score (nSPS) is 10.9. The van der Waals surface area contributed by atoms with Crippen LogP contribution in [0.25, 0.3) is 20.8 Å². The Morgan fingerprint density at radius 1 is 1.12 bits per heavy atom. The quantitative estimate of drug-likeness (QED) is 0.598. The lowest BCUT2D eigenvalue weighted by Gasteiger charge is -1.92. The molecule has 3 aromatic rings. The summed E-state index contributed by atoms with van der Waals surface area (Å²) < 4.78 is 3.29. The smallest absolute Gasteiger partial charge is 0.169 e. The summed E-state index contributed by atoms with van der Waals surface area (Å²) in [4.78, 5) is 4.72. The summed E-state index contributed by atoms with van der Waals surface area (Å²) in [5.74, 6) is 0. The van der Waals surface area contributed by atoms with Crippen LogP contribution in [0.15, 0.2) is 42.7 Å². The summed E-state index contributed by atoms with van der Waals surface area (Å²) in [6, 6.07) is 10.5. The first-order valence-corrected chi connectivity index (χ1v) is 6.37. The molecule has 0 saturated carbocycles. The van der Waals surface area contributed by atoms with Gasteiger partial charge in [0.25, 0.3) is 0 Å². The van der Waals surface area contributed by atoms with E-state index in [4.69, 9.17) is 4.98 Å². The minimum atomic E-state index is 1.09. The number of aryl methyl sites for hydroxylation is 2. The van der Waals surface area contributed by atoms with Crippen molar-refractivity contribution in [2.45, 2.75) is 6.92 Å². The van der Waals surface area contributed by atoms with Crippen LogP contribution in [0.3, 0.4) is 0 Å². The number of rotatable bonds is 1. The van der Waals surface area contributed by atoms with Gasteiger partial charge in [0.05, 0.1) is 10.2 Å². The zero-order valence-corrected chi connectivity index (χ0v) is 10.7. The Bertz CT molecular complexity index is 668. The summed E-state index contributed by atoms with van der Waals surface area (Å²) in [5, 5.41) is 1.09. The van der Waals surface area contributed by atoms with Gasteiger partial charge in [0.1, 0.15) is 12.1 Å². The topological polar surface area (TPSA) is 16.8 Å². The first kappa shape index (κ1) is 10.4. The van der Waals surface area contributed by atoms with Crippen molar-refractivity contribution in [3.05, 3.63) is 48.3 Å². The van der Waals surface area contributed by atoms with E-state index in [1.807, 2.05) is 24.0 Å². The van der Waals surface area contributed by atoms with Crippen molar-refractivity contribution in [2.24, 2.45) is 7.05 Å². The highest BCUT2D eigenvalue weighted by molar-refractivity contribution is 7.21. The van der Waals surface area contributed by atoms with Gasteiger partial charge in [-0.1, -0.05) is 12.1 Å². The number of nitrogens with zero attached hydrogens (tertiary/aromatic N) is 2. The number of aromatic nitrogens is 2. The maximum Gasteiger partial charge on any atom is 0.169 e. The van der Waals surface area contributed by atoms with Gasteiger partial charge < -0.3 is 0 Å². The van der Waals surface area contributed by atoms with E-state index < -0.39 is 0 Å². The van der Waals surface area contributed by atoms with E-state index >= 15 is 0 Å². The van der Waals surface area contributed by atoms with Gasteiger partial charge in [-0.3, -0.25) is 0 Å². The first-order chi connectivity index (χ1) is 8.24. The zero-order valence-electron chi connectivity index (χ0n) is 9.84. The van der Waals surface area contributed by atoms with Crippen LogP contribution in [0.1, 0.15) is 5.56 Å². The number of hydrogen-bond donors (Lipinski definition) is 0. The van der Waals surface area contributed by atoms with E-state index in [-0.39, 0.29) is 0 Å². The molecule has 2 aromatic heterocycles. The highest BCUT2D eigenvalue weighted by atomic mass is 32.1. The Kier molecular flexibility index (Phi) is 2.41. The third kappa shape index (κ3) is 1.83. The molecule has 0 atom stereocenters. The second-order valence-electron chi connectivity index (χ2n) is 4.19. The standard InChI is InChI=1S/C14H13N2S/c1-10-4-3-5-12-13(10)15-14(17-12)11-6-8-16(2)9-7-11/h3-9H,1-2H3/q+1. The van der Waals surface area contributed by atoms with Crippen LogP contribution in [0.2, 0.25) is 0 Å². The van der Waals surface area contributed by atoms with Gasteiger partial charge in [0.2, 0.25) is 0 Å². The summed E-state index contributed by atoms with van der Waals surface area (Å²) in [6.45, 7) is 2.11. The van der Waals surface area contributed by atoms with Crippen LogP contribution in [0.5, 0.6) is 0 Å². The molecule has 0 fully saturated rings. The SMILES string of the molecule is Cc1cccc2sc(-c3cc[n+](C)cc3)nc12. The van der Waals surface area contributed by atoms with E-state index in [9.17, 15) is 0 Å². The number of fused-ring (bicyclic) bond motifs is 1. The van der Waals surface area contributed by atoms with Crippen molar-refractivity contribution in [3.8, 4) is 10.6 Å². The Labute approximate surface area is 104 Å². The second kappa shape index (κ2) is 3.93. The van der Waals surface area contributed by atoms with Gasteiger partial charge in [-0.2, -0.15) is 0 Å². The zero-order chi connectivity index (χ0) is 11.8. The van der Waals surface area contributed by atoms with Gasteiger partial charge in [-0.05, 0) is 18.6 Å². The maximum absolute atomic E-state index is 4.72. The van der Waals surface area contributed by atoms with Gasteiger partial charge in [-0.25, -0.2) is 9.55 Å². The fourth-order valence-electron chi connectivity index (χ4n) is 1.85. The summed E-state index contributed by atoms with van der Waals surface area (Å²) in [6.07, 6.45) is 4.10. The minimum Gasteiger partial charge on any atom is -0.236 e. The Hall–Kier alpha value is -1.74. The summed E-state index contributed by atoms with van der Waals surface area (Å²) in [5.41, 5.74) is 3.55. The molecule has 3 rings (SSSR count). The third-order valence-electron chi connectivity index (χ3n) is 2.85. The lowest BCUT2D eigenvalue weighted by atomic mass is 10.2. The molecule has 0 N–H and O–H groups in total. The van der Waals surface area contributed by atoms with Crippen molar-refractivity contribution >= 4 is 21.6 Å². The molecule has 17 heavy (non-hydrogen) atoms. The fourth-order valence-corrected chi connectivity index (χ4v) is 2.90. The Morgan fingerprint density at radius 2 is 1.88 bits per heavy atom. The highest BCUT2D eigenvalue weighted by Crippen LogP contribution is 2.30. The van der Waals surface area contributed by atoms with Crippen LogP contribution >= 0.6 is 11.3 Å². The molecule has 0 amide bonds. The number of hydrogen-bond acceptors (Lipinski definition) is 2. The van der Waals surface area contributed by atoms with E-state index in [2.05, 4.69) is 37.3 Å². The molecule has 0 bridgehead atoms. The minimum absolute atomic E-state index is 1.09. The van der Waals surface area contributed by atoms with E-state index in [1.165, 1.54) is 15.8 Å². The molecule has 0 spiro atoms. The average Bonchev–Trinajstić information content (AvgIpc) is 2.75. The van der Waals surface area contributed by atoms with Crippen LogP contribution in [0, 0.1) is 6.92 Å². The first-order valence-electron chi connectivity index (χ1n) is 5.56. The summed E-state index contributed by atoms with van der Waals surface area (Å²) >= 11 is 1.75. The average molecular weight is 241 g/mol. The van der Waals surface area contributed by atoms with E-state index in [0.29, 0.717) is 0 Å². The number of pyridine rings is 1. The molecular formula is C14H13N2S+. The molecular weight excluding hydrogens is 228 g/mol. The largest absolute Gasteiger partial charge is 0.236 e. The van der Waals surface area contributed by atoms with Crippen LogP contribution in [-0.2, 0) is 7.05 Å². The molecule has 0 aliphatic heterocycles. The molecule has 2 nitrogen and oxygen atoms in total. The monoisotopic (exact) mass is 241 g/mol. The predicted molar refractivity (Wildman–Crippen MR) is 71.0 cm³/mol. The van der Waals surface area contributed by atoms with Crippen LogP contribution in [0.4, 0.5) is 0 Å². The van der Waals surface area contributed by atoms with Crippen molar-refractivity contribution in [3.63, 3.8) is 0 Å². The molecule has 0 aliphatic rings. The number of benzene rings is 1. The number of thiazole rings is 1. The van der Waals surface area contributed by atoms with E-state index in [1.54, 1.807) is 11.3 Å². The van der Waals surface area contributed by atoms with Crippen molar-refractivity contribution < 1.29 is 4.57 Å². The predicted octanol–water partition coefficient (Wildman–Crippen LogP) is 3.10. The van der Waals surface area contributed by atoms with Gasteiger partial charge in [-0.15, -0.1) is 11.3 Å². The fraction of sp³-hybridized carbons (Fsp3) is 0.143. The molecule has 3 heteroatoms. The van der Waals surface area contributed by atoms with Gasteiger partial charge in [0, 0.05) is 17.7 Å². The van der Waals surface area contributed by atoms with Crippen molar-refractivity contribution in [1.29, 1.82) is 0 Å². The molecule has 84 valence electrons. The molecule has 0 radical (unpaired) electrons. The molecule has 2 heterocycles. The van der Waals surface area contributed by atoms with Crippen molar-refractivity contribution in [1.82, 2.24) is 4.98 Å². The van der Waals surface area contributed by atoms with E-state index in [0.717, 1.165) is 10.5 Å². The maximum atomic E-state index is 4.72. The second-order valence-corrected chi connectivity index (χ2v) is 5.22. The van der Waals surface area contributed by atoms with Crippen LogP contribution in [-0.4, -0.2) is 4.98 Å². The van der Waals surface area contributed by atoms with Crippen LogP contribution < -0.4 is 4.57 Å². The third-order valence-corrected chi connectivity index (χ3v) is 3.92. The Balaban J connectivity index is 2.18. The Morgan fingerprint density at radius 3 is 2.59 bits per heavy atom. The molecule has 0 saturated heterocycles. The lowest BCUT2D eigenvalue weighted by Crippen LogP contribution is -2.25. The number of para-hydroxylation sites is 1. The molecule has 0 aliphatic carbocycles. The summed E-state index contributed by atoms with van der Waals surface area (Å²) in [7, 11) is 2.02. The highest BCUT2D eigenvalue weighted by Gasteiger charge is 2.08.